The second-order valence-corrected chi connectivity index (χ2v) is 4.73. The Labute approximate surface area is 103 Å². The third-order valence-electron chi connectivity index (χ3n) is 3.27. The number of primary amides is 1. The van der Waals surface area contributed by atoms with Crippen LogP contribution in [-0.2, 0) is 0 Å². The Morgan fingerprint density at radius 1 is 1.29 bits per heavy atom. The van der Waals surface area contributed by atoms with Gasteiger partial charge in [0.05, 0.1) is 11.4 Å². The van der Waals surface area contributed by atoms with E-state index in [0.29, 0.717) is 23.2 Å². The van der Waals surface area contributed by atoms with Crippen molar-refractivity contribution < 1.29 is 4.79 Å². The zero-order chi connectivity index (χ0) is 13.2. The Balaban J connectivity index is 3.12. The van der Waals surface area contributed by atoms with E-state index in [0.717, 1.165) is 5.69 Å². The van der Waals surface area contributed by atoms with E-state index in [1.54, 1.807) is 18.2 Å². The highest BCUT2D eigenvalue weighted by atomic mass is 16.1. The van der Waals surface area contributed by atoms with Gasteiger partial charge in [-0.25, -0.2) is 0 Å². The summed E-state index contributed by atoms with van der Waals surface area (Å²) in [5.74, 6) is 0.0634. The largest absolute Gasteiger partial charge is 0.397 e. The maximum Gasteiger partial charge on any atom is 0.248 e. The topological polar surface area (TPSA) is 72.3 Å². The fourth-order valence-corrected chi connectivity index (χ4v) is 1.67. The highest BCUT2D eigenvalue weighted by molar-refractivity contribution is 5.95. The van der Waals surface area contributed by atoms with Crippen molar-refractivity contribution >= 4 is 17.3 Å². The summed E-state index contributed by atoms with van der Waals surface area (Å²) in [7, 11) is 1.97. The van der Waals surface area contributed by atoms with Crippen LogP contribution in [-0.4, -0.2) is 19.0 Å². The van der Waals surface area contributed by atoms with Crippen molar-refractivity contribution in [1.82, 2.24) is 0 Å². The average Bonchev–Trinajstić information content (AvgIpc) is 2.27. The number of rotatable bonds is 4. The number of carbonyl (C=O) groups excluding carboxylic acids is 1. The minimum Gasteiger partial charge on any atom is -0.397 e. The Bertz CT molecular complexity index is 415. The molecule has 0 aromatic heterocycles. The number of amides is 1. The van der Waals surface area contributed by atoms with Crippen LogP contribution >= 0.6 is 0 Å². The number of anilines is 2. The summed E-state index contributed by atoms with van der Waals surface area (Å²) in [6.45, 7) is 6.42. The third kappa shape index (κ3) is 2.90. The number of nitrogens with zero attached hydrogens (tertiary/aromatic N) is 1. The number of hydrogen-bond acceptors (Lipinski definition) is 3. The van der Waals surface area contributed by atoms with E-state index in [-0.39, 0.29) is 0 Å². The van der Waals surface area contributed by atoms with Crippen molar-refractivity contribution in [3.63, 3.8) is 0 Å². The maximum absolute atomic E-state index is 11.2. The van der Waals surface area contributed by atoms with Crippen molar-refractivity contribution in [3.05, 3.63) is 23.8 Å². The second-order valence-electron chi connectivity index (χ2n) is 4.73. The first kappa shape index (κ1) is 13.4. The predicted octanol–water partition coefficient (Wildman–Crippen LogP) is 1.85. The van der Waals surface area contributed by atoms with Crippen LogP contribution in [0.4, 0.5) is 11.4 Å². The van der Waals surface area contributed by atoms with Crippen LogP contribution in [0.5, 0.6) is 0 Å². The zero-order valence-electron chi connectivity index (χ0n) is 10.9. The summed E-state index contributed by atoms with van der Waals surface area (Å²) in [4.78, 5) is 13.2. The lowest BCUT2D eigenvalue weighted by molar-refractivity contribution is 0.100. The van der Waals surface area contributed by atoms with Crippen LogP contribution in [0, 0.1) is 5.92 Å². The third-order valence-corrected chi connectivity index (χ3v) is 3.27. The number of nitrogen functional groups attached to an aromatic ring is 1. The Morgan fingerprint density at radius 2 is 1.88 bits per heavy atom. The molecule has 0 saturated heterocycles. The summed E-state index contributed by atoms with van der Waals surface area (Å²) >= 11 is 0. The highest BCUT2D eigenvalue weighted by Crippen LogP contribution is 2.26. The van der Waals surface area contributed by atoms with Crippen molar-refractivity contribution in [3.8, 4) is 0 Å². The van der Waals surface area contributed by atoms with Gasteiger partial charge in [-0.3, -0.25) is 4.79 Å². The van der Waals surface area contributed by atoms with Gasteiger partial charge < -0.3 is 16.4 Å². The molecule has 1 aromatic rings. The molecule has 0 saturated carbocycles. The van der Waals surface area contributed by atoms with Crippen LogP contribution in [0.3, 0.4) is 0 Å². The van der Waals surface area contributed by atoms with E-state index >= 15 is 0 Å². The molecule has 0 radical (unpaired) electrons. The van der Waals surface area contributed by atoms with Gasteiger partial charge in [-0.15, -0.1) is 0 Å². The fourth-order valence-electron chi connectivity index (χ4n) is 1.67. The first-order chi connectivity index (χ1) is 7.84. The molecule has 1 aromatic carbocycles. The fraction of sp³-hybridized carbons (Fsp3) is 0.462. The van der Waals surface area contributed by atoms with Crippen LogP contribution < -0.4 is 16.4 Å². The van der Waals surface area contributed by atoms with E-state index in [4.69, 9.17) is 11.5 Å². The quantitative estimate of drug-likeness (QED) is 0.782. The van der Waals surface area contributed by atoms with E-state index in [9.17, 15) is 4.79 Å². The molecule has 0 fully saturated rings. The number of nitrogens with two attached hydrogens (primary N) is 2. The monoisotopic (exact) mass is 235 g/mol. The van der Waals surface area contributed by atoms with E-state index in [1.165, 1.54) is 0 Å². The molecular formula is C13H21N3O. The van der Waals surface area contributed by atoms with E-state index in [2.05, 4.69) is 25.7 Å². The van der Waals surface area contributed by atoms with Gasteiger partial charge in [-0.1, -0.05) is 13.8 Å². The van der Waals surface area contributed by atoms with Gasteiger partial charge >= 0.3 is 0 Å². The van der Waals surface area contributed by atoms with Crippen LogP contribution in [0.25, 0.3) is 0 Å². The summed E-state index contributed by atoms with van der Waals surface area (Å²) in [5.41, 5.74) is 13.2. The second kappa shape index (κ2) is 5.08. The summed E-state index contributed by atoms with van der Waals surface area (Å²) in [6.07, 6.45) is 0. The van der Waals surface area contributed by atoms with Gasteiger partial charge in [-0.2, -0.15) is 0 Å². The molecule has 1 unspecified atom stereocenters. The standard InChI is InChI=1S/C13H21N3O/c1-8(2)9(3)16(4)12-7-10(13(15)17)5-6-11(12)14/h5-9H,14H2,1-4H3,(H2,15,17). The lowest BCUT2D eigenvalue weighted by Crippen LogP contribution is -2.33. The van der Waals surface area contributed by atoms with Crippen molar-refractivity contribution in [2.24, 2.45) is 11.7 Å². The number of benzene rings is 1. The number of hydrogen-bond donors (Lipinski definition) is 2. The molecule has 0 aliphatic carbocycles. The Hall–Kier alpha value is -1.71. The van der Waals surface area contributed by atoms with Crippen molar-refractivity contribution in [2.45, 2.75) is 26.8 Å². The summed E-state index contributed by atoms with van der Waals surface area (Å²) < 4.78 is 0. The first-order valence-electron chi connectivity index (χ1n) is 5.76. The molecule has 1 atom stereocenters. The van der Waals surface area contributed by atoms with Gasteiger partial charge in [0, 0.05) is 18.7 Å². The molecule has 94 valence electrons. The summed E-state index contributed by atoms with van der Waals surface area (Å²) in [6, 6.07) is 5.45. The van der Waals surface area contributed by atoms with Gasteiger partial charge in [0.1, 0.15) is 0 Å². The molecule has 0 heterocycles. The van der Waals surface area contributed by atoms with Gasteiger partial charge in [0.2, 0.25) is 5.91 Å². The SMILES string of the molecule is CC(C)C(C)N(C)c1cc(C(N)=O)ccc1N. The maximum atomic E-state index is 11.2. The molecule has 1 rings (SSSR count). The highest BCUT2D eigenvalue weighted by Gasteiger charge is 2.16. The molecule has 4 nitrogen and oxygen atoms in total. The predicted molar refractivity (Wildman–Crippen MR) is 72.1 cm³/mol. The van der Waals surface area contributed by atoms with Crippen molar-refractivity contribution in [1.29, 1.82) is 0 Å². The smallest absolute Gasteiger partial charge is 0.248 e. The zero-order valence-corrected chi connectivity index (χ0v) is 10.9. The summed E-state index contributed by atoms with van der Waals surface area (Å²) in [5, 5.41) is 0. The van der Waals surface area contributed by atoms with E-state index < -0.39 is 5.91 Å². The molecule has 17 heavy (non-hydrogen) atoms. The average molecular weight is 235 g/mol. The van der Waals surface area contributed by atoms with Gasteiger partial charge in [-0.05, 0) is 31.0 Å². The normalized spacial score (nSPS) is 12.5. The molecule has 0 aliphatic heterocycles. The molecule has 1 amide bonds. The molecule has 0 bridgehead atoms. The molecule has 4 N–H and O–H groups in total. The van der Waals surface area contributed by atoms with Crippen LogP contribution in [0.1, 0.15) is 31.1 Å². The molecule has 0 spiro atoms. The Kier molecular flexibility index (Phi) is 3.99. The minimum atomic E-state index is -0.433. The minimum absolute atomic E-state index is 0.334. The van der Waals surface area contributed by atoms with Crippen LogP contribution in [0.2, 0.25) is 0 Å². The Morgan fingerprint density at radius 3 is 2.35 bits per heavy atom. The molecule has 0 aliphatic rings. The van der Waals surface area contributed by atoms with Crippen LogP contribution in [0.15, 0.2) is 18.2 Å². The van der Waals surface area contributed by atoms with Crippen molar-refractivity contribution in [2.75, 3.05) is 17.7 Å². The van der Waals surface area contributed by atoms with Gasteiger partial charge in [0.25, 0.3) is 0 Å². The van der Waals surface area contributed by atoms with E-state index in [1.807, 2.05) is 7.05 Å². The number of carbonyl (C=O) groups is 1. The first-order valence-corrected chi connectivity index (χ1v) is 5.76. The lowest BCUT2D eigenvalue weighted by atomic mass is 10.0. The molecular weight excluding hydrogens is 214 g/mol. The lowest BCUT2D eigenvalue weighted by Gasteiger charge is -2.31. The molecule has 4 heteroatoms. The van der Waals surface area contributed by atoms with Gasteiger partial charge in [0.15, 0.2) is 0 Å².